The highest BCUT2D eigenvalue weighted by Gasteiger charge is 2.41. The van der Waals surface area contributed by atoms with Crippen LogP contribution >= 0.6 is 0 Å². The van der Waals surface area contributed by atoms with E-state index in [4.69, 9.17) is 5.73 Å². The van der Waals surface area contributed by atoms with Crippen molar-refractivity contribution in [1.29, 1.82) is 0 Å². The van der Waals surface area contributed by atoms with Crippen LogP contribution < -0.4 is 15.2 Å². The summed E-state index contributed by atoms with van der Waals surface area (Å²) >= 11 is 0. The quantitative estimate of drug-likeness (QED) is 0.849. The molecule has 0 fully saturated rings. The minimum Gasteiger partial charge on any atom is -0.481 e. The van der Waals surface area contributed by atoms with Crippen LogP contribution in [0.2, 0.25) is 0 Å². The zero-order valence-corrected chi connectivity index (χ0v) is 9.96. The maximum atomic E-state index is 12.5. The van der Waals surface area contributed by atoms with E-state index in [1.165, 1.54) is 0 Å². The summed E-state index contributed by atoms with van der Waals surface area (Å²) in [5.74, 6) is -0.775. The Morgan fingerprint density at radius 1 is 0.950 bits per heavy atom. The lowest BCUT2D eigenvalue weighted by atomic mass is 10.2. The molecule has 1 unspecified atom stereocenters. The van der Waals surface area contributed by atoms with E-state index in [2.05, 4.69) is 9.47 Å². The molecule has 0 saturated carbocycles. The standard InChI is InChI=1S/C11H11F6NO2/c12-10(13,14)9(5-6-18)19-7-1-3-8(4-2-7)20-11(15,16)17/h1-4,9H,5-6,18H2. The summed E-state index contributed by atoms with van der Waals surface area (Å²) in [5, 5.41) is 0. The minimum absolute atomic E-state index is 0.227. The van der Waals surface area contributed by atoms with Gasteiger partial charge in [0.05, 0.1) is 0 Å². The Bertz CT molecular complexity index is 414. The van der Waals surface area contributed by atoms with E-state index in [1.54, 1.807) is 0 Å². The molecule has 0 aromatic heterocycles. The van der Waals surface area contributed by atoms with Crippen molar-refractivity contribution in [2.24, 2.45) is 5.73 Å². The third kappa shape index (κ3) is 5.55. The number of alkyl halides is 6. The average molecular weight is 303 g/mol. The zero-order valence-electron chi connectivity index (χ0n) is 9.96. The molecule has 0 aliphatic carbocycles. The molecule has 1 rings (SSSR count). The van der Waals surface area contributed by atoms with Gasteiger partial charge in [0.2, 0.25) is 0 Å². The molecule has 0 saturated heterocycles. The summed E-state index contributed by atoms with van der Waals surface area (Å²) in [7, 11) is 0. The number of rotatable bonds is 5. The van der Waals surface area contributed by atoms with Crippen LogP contribution in [0.25, 0.3) is 0 Å². The summed E-state index contributed by atoms with van der Waals surface area (Å²) in [6, 6.07) is 3.63. The van der Waals surface area contributed by atoms with Crippen LogP contribution in [-0.2, 0) is 0 Å². The molecule has 0 bridgehead atoms. The Morgan fingerprint density at radius 3 is 1.85 bits per heavy atom. The first-order valence-electron chi connectivity index (χ1n) is 5.41. The van der Waals surface area contributed by atoms with Gasteiger partial charge in [0.25, 0.3) is 0 Å². The van der Waals surface area contributed by atoms with Crippen LogP contribution in [-0.4, -0.2) is 25.2 Å². The second kappa shape index (κ2) is 6.21. The summed E-state index contributed by atoms with van der Waals surface area (Å²) < 4.78 is 81.5. The van der Waals surface area contributed by atoms with Crippen LogP contribution in [0.15, 0.2) is 24.3 Å². The van der Waals surface area contributed by atoms with Gasteiger partial charge in [-0.25, -0.2) is 0 Å². The summed E-state index contributed by atoms with van der Waals surface area (Å²) in [5.41, 5.74) is 5.05. The number of hydrogen-bond acceptors (Lipinski definition) is 3. The second-order valence-corrected chi connectivity index (χ2v) is 3.74. The van der Waals surface area contributed by atoms with Crippen molar-refractivity contribution in [2.45, 2.75) is 25.1 Å². The van der Waals surface area contributed by atoms with E-state index in [9.17, 15) is 26.3 Å². The SMILES string of the molecule is NCCC(Oc1ccc(OC(F)(F)F)cc1)C(F)(F)F. The molecule has 0 aliphatic rings. The fraction of sp³-hybridized carbons (Fsp3) is 0.455. The Balaban J connectivity index is 2.73. The molecule has 114 valence electrons. The van der Waals surface area contributed by atoms with E-state index >= 15 is 0 Å². The monoisotopic (exact) mass is 303 g/mol. The summed E-state index contributed by atoms with van der Waals surface area (Å²) in [6.07, 6.45) is -12.0. The van der Waals surface area contributed by atoms with E-state index < -0.39 is 30.8 Å². The number of halogens is 6. The second-order valence-electron chi connectivity index (χ2n) is 3.74. The van der Waals surface area contributed by atoms with Gasteiger partial charge >= 0.3 is 12.5 Å². The highest BCUT2D eigenvalue weighted by atomic mass is 19.4. The molecule has 0 heterocycles. The van der Waals surface area contributed by atoms with Crippen molar-refractivity contribution in [2.75, 3.05) is 6.54 Å². The first kappa shape index (κ1) is 16.4. The zero-order chi connectivity index (χ0) is 15.4. The Morgan fingerprint density at radius 2 is 1.45 bits per heavy atom. The molecule has 20 heavy (non-hydrogen) atoms. The third-order valence-electron chi connectivity index (χ3n) is 2.13. The maximum Gasteiger partial charge on any atom is 0.573 e. The lowest BCUT2D eigenvalue weighted by molar-refractivity contribution is -0.274. The fourth-order valence-electron chi connectivity index (χ4n) is 1.32. The lowest BCUT2D eigenvalue weighted by Crippen LogP contribution is -2.36. The Hall–Kier alpha value is -1.64. The largest absolute Gasteiger partial charge is 0.573 e. The highest BCUT2D eigenvalue weighted by molar-refractivity contribution is 5.31. The van der Waals surface area contributed by atoms with Crippen LogP contribution in [0, 0.1) is 0 Å². The predicted molar refractivity (Wildman–Crippen MR) is 57.3 cm³/mol. The van der Waals surface area contributed by atoms with Gasteiger partial charge < -0.3 is 15.2 Å². The average Bonchev–Trinajstić information content (AvgIpc) is 2.28. The van der Waals surface area contributed by atoms with Crippen molar-refractivity contribution in [3.05, 3.63) is 24.3 Å². The number of benzene rings is 1. The van der Waals surface area contributed by atoms with Gasteiger partial charge in [0.15, 0.2) is 6.10 Å². The lowest BCUT2D eigenvalue weighted by Gasteiger charge is -2.21. The number of ether oxygens (including phenoxy) is 2. The first-order chi connectivity index (χ1) is 9.12. The molecule has 0 aliphatic heterocycles. The molecule has 0 amide bonds. The maximum absolute atomic E-state index is 12.5. The molecule has 1 atom stereocenters. The Kier molecular flexibility index (Phi) is 5.09. The van der Waals surface area contributed by atoms with Crippen molar-refractivity contribution < 1.29 is 35.8 Å². The van der Waals surface area contributed by atoms with E-state index in [0.29, 0.717) is 0 Å². The minimum atomic E-state index is -4.86. The summed E-state index contributed by atoms with van der Waals surface area (Å²) in [6.45, 7) is -0.237. The van der Waals surface area contributed by atoms with Crippen molar-refractivity contribution in [3.63, 3.8) is 0 Å². The van der Waals surface area contributed by atoms with Gasteiger partial charge in [-0.05, 0) is 30.8 Å². The molecule has 1 aromatic carbocycles. The van der Waals surface area contributed by atoms with Crippen LogP contribution in [0.4, 0.5) is 26.3 Å². The summed E-state index contributed by atoms with van der Waals surface area (Å²) in [4.78, 5) is 0. The Labute approximate surface area is 110 Å². The first-order valence-corrected chi connectivity index (χ1v) is 5.41. The van der Waals surface area contributed by atoms with Crippen LogP contribution in [0.5, 0.6) is 11.5 Å². The van der Waals surface area contributed by atoms with Crippen LogP contribution in [0.3, 0.4) is 0 Å². The molecule has 0 spiro atoms. The molecule has 3 nitrogen and oxygen atoms in total. The van der Waals surface area contributed by atoms with E-state index in [0.717, 1.165) is 24.3 Å². The van der Waals surface area contributed by atoms with Crippen molar-refractivity contribution in [3.8, 4) is 11.5 Å². The van der Waals surface area contributed by atoms with Gasteiger partial charge in [-0.15, -0.1) is 13.2 Å². The molecule has 2 N–H and O–H groups in total. The van der Waals surface area contributed by atoms with Gasteiger partial charge in [-0.3, -0.25) is 0 Å². The number of nitrogens with two attached hydrogens (primary N) is 1. The topological polar surface area (TPSA) is 44.5 Å². The highest BCUT2D eigenvalue weighted by Crippen LogP contribution is 2.29. The fourth-order valence-corrected chi connectivity index (χ4v) is 1.32. The van der Waals surface area contributed by atoms with Gasteiger partial charge in [0, 0.05) is 6.42 Å². The smallest absolute Gasteiger partial charge is 0.481 e. The molecule has 0 radical (unpaired) electrons. The number of hydrogen-bond donors (Lipinski definition) is 1. The van der Waals surface area contributed by atoms with Crippen molar-refractivity contribution in [1.82, 2.24) is 0 Å². The van der Waals surface area contributed by atoms with Gasteiger partial charge in [-0.2, -0.15) is 13.2 Å². The van der Waals surface area contributed by atoms with E-state index in [1.807, 2.05) is 0 Å². The molecular formula is C11H11F6NO2. The van der Waals surface area contributed by atoms with Gasteiger partial charge in [0.1, 0.15) is 11.5 Å². The molecule has 1 aromatic rings. The predicted octanol–water partition coefficient (Wildman–Crippen LogP) is 3.24. The van der Waals surface area contributed by atoms with E-state index in [-0.39, 0.29) is 12.3 Å². The van der Waals surface area contributed by atoms with Gasteiger partial charge in [-0.1, -0.05) is 0 Å². The van der Waals surface area contributed by atoms with Crippen molar-refractivity contribution >= 4 is 0 Å². The molecular weight excluding hydrogens is 292 g/mol. The van der Waals surface area contributed by atoms with Crippen LogP contribution in [0.1, 0.15) is 6.42 Å². The third-order valence-corrected chi connectivity index (χ3v) is 2.13. The normalized spacial score (nSPS) is 13.9. The molecule has 9 heteroatoms.